The molecule has 2 rings (SSSR count). The lowest BCUT2D eigenvalue weighted by molar-refractivity contribution is 0.102. The number of nitrogens with zero attached hydrogens (tertiary/aromatic N) is 1. The highest BCUT2D eigenvalue weighted by atomic mass is 16.5. The van der Waals surface area contributed by atoms with Crippen molar-refractivity contribution in [3.8, 4) is 11.8 Å². The van der Waals surface area contributed by atoms with E-state index in [0.29, 0.717) is 22.6 Å². The largest absolute Gasteiger partial charge is 0.495 e. The van der Waals surface area contributed by atoms with Crippen molar-refractivity contribution >= 4 is 11.6 Å². The predicted octanol–water partition coefficient (Wildman–Crippen LogP) is 3.13. The average molecular weight is 266 g/mol. The van der Waals surface area contributed by atoms with Crippen molar-refractivity contribution in [3.63, 3.8) is 0 Å². The van der Waals surface area contributed by atoms with Crippen molar-refractivity contribution in [1.82, 2.24) is 0 Å². The number of methoxy groups -OCH3 is 1. The summed E-state index contributed by atoms with van der Waals surface area (Å²) in [5.74, 6) is 0.204. The number of nitrogens with one attached hydrogen (secondary N) is 1. The summed E-state index contributed by atoms with van der Waals surface area (Å²) in [6.45, 7) is 1.86. The van der Waals surface area contributed by atoms with Gasteiger partial charge in [-0.2, -0.15) is 5.26 Å². The molecule has 0 heterocycles. The van der Waals surface area contributed by atoms with E-state index in [1.807, 2.05) is 25.1 Å². The van der Waals surface area contributed by atoms with Crippen LogP contribution < -0.4 is 10.1 Å². The Morgan fingerprint density at radius 2 is 1.95 bits per heavy atom. The van der Waals surface area contributed by atoms with Gasteiger partial charge in [-0.25, -0.2) is 0 Å². The van der Waals surface area contributed by atoms with E-state index in [4.69, 9.17) is 10.00 Å². The molecule has 1 N–H and O–H groups in total. The van der Waals surface area contributed by atoms with Gasteiger partial charge in [0.05, 0.1) is 12.7 Å². The Bertz CT molecular complexity index is 687. The predicted molar refractivity (Wildman–Crippen MR) is 76.8 cm³/mol. The summed E-state index contributed by atoms with van der Waals surface area (Å²) in [6.07, 6.45) is 0. The van der Waals surface area contributed by atoms with Crippen LogP contribution in [0.2, 0.25) is 0 Å². The summed E-state index contributed by atoms with van der Waals surface area (Å²) in [4.78, 5) is 12.3. The van der Waals surface area contributed by atoms with Crippen molar-refractivity contribution in [2.75, 3.05) is 12.4 Å². The lowest BCUT2D eigenvalue weighted by Gasteiger charge is -2.12. The normalized spacial score (nSPS) is 9.65. The van der Waals surface area contributed by atoms with Crippen LogP contribution in [0, 0.1) is 18.3 Å². The number of benzene rings is 2. The SMILES string of the molecule is COc1cccc(C#N)c1NC(=O)c1ccccc1C. The zero-order valence-electron chi connectivity index (χ0n) is 11.3. The van der Waals surface area contributed by atoms with Crippen LogP contribution in [0.5, 0.6) is 5.75 Å². The van der Waals surface area contributed by atoms with E-state index in [1.54, 1.807) is 30.3 Å². The van der Waals surface area contributed by atoms with E-state index in [9.17, 15) is 4.79 Å². The smallest absolute Gasteiger partial charge is 0.256 e. The van der Waals surface area contributed by atoms with Gasteiger partial charge in [-0.05, 0) is 30.7 Å². The van der Waals surface area contributed by atoms with Crippen molar-refractivity contribution in [2.24, 2.45) is 0 Å². The number of ether oxygens (including phenoxy) is 1. The van der Waals surface area contributed by atoms with E-state index in [-0.39, 0.29) is 5.91 Å². The highest BCUT2D eigenvalue weighted by molar-refractivity contribution is 6.06. The molecule has 0 aliphatic heterocycles. The lowest BCUT2D eigenvalue weighted by Crippen LogP contribution is -2.15. The van der Waals surface area contributed by atoms with Crippen molar-refractivity contribution in [3.05, 3.63) is 59.2 Å². The number of hydrogen-bond acceptors (Lipinski definition) is 3. The molecule has 0 atom stereocenters. The fourth-order valence-corrected chi connectivity index (χ4v) is 1.93. The number of hydrogen-bond donors (Lipinski definition) is 1. The van der Waals surface area contributed by atoms with E-state index in [2.05, 4.69) is 5.32 Å². The third-order valence-corrected chi connectivity index (χ3v) is 2.99. The molecule has 2 aromatic rings. The van der Waals surface area contributed by atoms with Gasteiger partial charge in [-0.15, -0.1) is 0 Å². The van der Waals surface area contributed by atoms with Crippen LogP contribution in [0.25, 0.3) is 0 Å². The molecule has 0 aliphatic rings. The van der Waals surface area contributed by atoms with Crippen LogP contribution in [-0.4, -0.2) is 13.0 Å². The van der Waals surface area contributed by atoms with Gasteiger partial charge in [0.15, 0.2) is 0 Å². The summed E-state index contributed by atoms with van der Waals surface area (Å²) >= 11 is 0. The molecule has 0 aliphatic carbocycles. The topological polar surface area (TPSA) is 62.1 Å². The Morgan fingerprint density at radius 1 is 1.20 bits per heavy atom. The van der Waals surface area contributed by atoms with E-state index < -0.39 is 0 Å². The molecule has 0 spiro atoms. The molecule has 20 heavy (non-hydrogen) atoms. The molecule has 0 bridgehead atoms. The van der Waals surface area contributed by atoms with Crippen molar-refractivity contribution < 1.29 is 9.53 Å². The number of rotatable bonds is 3. The number of aryl methyl sites for hydroxylation is 1. The number of carbonyl (C=O) groups is 1. The number of para-hydroxylation sites is 1. The van der Waals surface area contributed by atoms with E-state index in [1.165, 1.54) is 7.11 Å². The number of nitriles is 1. The van der Waals surface area contributed by atoms with Crippen molar-refractivity contribution in [2.45, 2.75) is 6.92 Å². The van der Waals surface area contributed by atoms with Crippen LogP contribution in [0.4, 0.5) is 5.69 Å². The van der Waals surface area contributed by atoms with Crippen LogP contribution in [0.3, 0.4) is 0 Å². The second kappa shape index (κ2) is 5.89. The minimum atomic E-state index is -0.260. The van der Waals surface area contributed by atoms with Gasteiger partial charge in [0.1, 0.15) is 17.5 Å². The number of anilines is 1. The highest BCUT2D eigenvalue weighted by Crippen LogP contribution is 2.28. The molecule has 4 nitrogen and oxygen atoms in total. The Balaban J connectivity index is 2.38. The first-order valence-electron chi connectivity index (χ1n) is 6.11. The van der Waals surface area contributed by atoms with Crippen LogP contribution in [-0.2, 0) is 0 Å². The third kappa shape index (κ3) is 2.62. The Morgan fingerprint density at radius 3 is 2.60 bits per heavy atom. The molecule has 100 valence electrons. The average Bonchev–Trinajstić information content (AvgIpc) is 2.47. The minimum Gasteiger partial charge on any atom is -0.495 e. The molecule has 4 heteroatoms. The lowest BCUT2D eigenvalue weighted by atomic mass is 10.1. The molecule has 0 saturated carbocycles. The third-order valence-electron chi connectivity index (χ3n) is 2.99. The second-order valence-electron chi connectivity index (χ2n) is 4.26. The van der Waals surface area contributed by atoms with Crippen LogP contribution in [0.1, 0.15) is 21.5 Å². The summed E-state index contributed by atoms with van der Waals surface area (Å²) in [5.41, 5.74) is 2.21. The van der Waals surface area contributed by atoms with E-state index in [0.717, 1.165) is 5.56 Å². The molecule has 0 radical (unpaired) electrons. The first kappa shape index (κ1) is 13.6. The Kier molecular flexibility index (Phi) is 4.02. The Labute approximate surface area is 117 Å². The quantitative estimate of drug-likeness (QED) is 0.928. The zero-order valence-corrected chi connectivity index (χ0v) is 11.3. The molecule has 1 amide bonds. The van der Waals surface area contributed by atoms with Crippen LogP contribution in [0.15, 0.2) is 42.5 Å². The van der Waals surface area contributed by atoms with Gasteiger partial charge in [-0.3, -0.25) is 4.79 Å². The molecular formula is C16H14N2O2. The van der Waals surface area contributed by atoms with E-state index >= 15 is 0 Å². The monoisotopic (exact) mass is 266 g/mol. The molecule has 0 saturated heterocycles. The van der Waals surface area contributed by atoms with Crippen molar-refractivity contribution in [1.29, 1.82) is 5.26 Å². The molecule has 0 fully saturated rings. The maximum atomic E-state index is 12.3. The summed E-state index contributed by atoms with van der Waals surface area (Å²) in [5, 5.41) is 11.9. The minimum absolute atomic E-state index is 0.260. The summed E-state index contributed by atoms with van der Waals surface area (Å²) in [6, 6.07) is 14.4. The molecule has 2 aromatic carbocycles. The highest BCUT2D eigenvalue weighted by Gasteiger charge is 2.14. The van der Waals surface area contributed by atoms with Gasteiger partial charge in [0.2, 0.25) is 0 Å². The summed E-state index contributed by atoms with van der Waals surface area (Å²) < 4.78 is 5.19. The zero-order chi connectivity index (χ0) is 14.5. The standard InChI is InChI=1S/C16H14N2O2/c1-11-6-3-4-8-13(11)16(19)18-15-12(10-17)7-5-9-14(15)20-2/h3-9H,1-2H3,(H,18,19). The maximum Gasteiger partial charge on any atom is 0.256 e. The van der Waals surface area contributed by atoms with Gasteiger partial charge < -0.3 is 10.1 Å². The summed E-state index contributed by atoms with van der Waals surface area (Å²) in [7, 11) is 1.50. The maximum absolute atomic E-state index is 12.3. The number of amides is 1. The second-order valence-corrected chi connectivity index (χ2v) is 4.26. The first-order valence-corrected chi connectivity index (χ1v) is 6.11. The number of carbonyl (C=O) groups excluding carboxylic acids is 1. The van der Waals surface area contributed by atoms with Gasteiger partial charge in [-0.1, -0.05) is 24.3 Å². The van der Waals surface area contributed by atoms with Gasteiger partial charge in [0.25, 0.3) is 5.91 Å². The molecule has 0 unspecified atom stereocenters. The fraction of sp³-hybridized carbons (Fsp3) is 0.125. The Hall–Kier alpha value is -2.80. The molecular weight excluding hydrogens is 252 g/mol. The van der Waals surface area contributed by atoms with Gasteiger partial charge >= 0.3 is 0 Å². The van der Waals surface area contributed by atoms with Crippen LogP contribution >= 0.6 is 0 Å². The van der Waals surface area contributed by atoms with Gasteiger partial charge in [0, 0.05) is 5.56 Å². The molecule has 0 aromatic heterocycles. The first-order chi connectivity index (χ1) is 9.67. The fourth-order valence-electron chi connectivity index (χ4n) is 1.93.